The van der Waals surface area contributed by atoms with Crippen LogP contribution >= 0.6 is 0 Å². The Kier molecular flexibility index (Phi) is 2.93. The first-order chi connectivity index (χ1) is 11.5. The van der Waals surface area contributed by atoms with Gasteiger partial charge in [-0.15, -0.1) is 0 Å². The van der Waals surface area contributed by atoms with E-state index in [9.17, 15) is 20.3 Å². The van der Waals surface area contributed by atoms with Gasteiger partial charge in [-0.05, 0) is 35.9 Å². The van der Waals surface area contributed by atoms with Crippen molar-refractivity contribution in [3.05, 3.63) is 75.7 Å². The number of phenols is 1. The fraction of sp³-hybridized carbons (Fsp3) is 0. The van der Waals surface area contributed by atoms with Crippen molar-refractivity contribution in [3.63, 3.8) is 0 Å². The molecule has 2 aromatic rings. The minimum absolute atomic E-state index is 0.00735. The summed E-state index contributed by atoms with van der Waals surface area (Å²) in [6.45, 7) is 0. The van der Waals surface area contributed by atoms with Gasteiger partial charge in [0.05, 0.1) is 5.56 Å². The van der Waals surface area contributed by atoms with E-state index in [4.69, 9.17) is 4.74 Å². The predicted octanol–water partition coefficient (Wildman–Crippen LogP) is 3.04. The maximum atomic E-state index is 11.9. The van der Waals surface area contributed by atoms with Crippen LogP contribution in [-0.2, 0) is 0 Å². The first kappa shape index (κ1) is 14.1. The molecule has 0 saturated carbocycles. The van der Waals surface area contributed by atoms with Gasteiger partial charge in [-0.2, -0.15) is 4.90 Å². The molecule has 0 spiro atoms. The topological polar surface area (TPSA) is 95.7 Å². The molecule has 2 aromatic carbocycles. The van der Waals surface area contributed by atoms with Crippen molar-refractivity contribution in [2.75, 3.05) is 0 Å². The Bertz CT molecular complexity index is 1010. The van der Waals surface area contributed by atoms with Gasteiger partial charge in [0, 0.05) is 28.5 Å². The summed E-state index contributed by atoms with van der Waals surface area (Å²) in [5.74, 6) is -0.00806. The lowest BCUT2D eigenvalue weighted by Gasteiger charge is -2.09. The van der Waals surface area contributed by atoms with Gasteiger partial charge in [-0.1, -0.05) is 12.1 Å². The van der Waals surface area contributed by atoms with E-state index in [0.717, 1.165) is 0 Å². The summed E-state index contributed by atoms with van der Waals surface area (Å²) in [6, 6.07) is 6.64. The van der Waals surface area contributed by atoms with Crippen molar-refractivity contribution in [1.29, 1.82) is 0 Å². The second-order valence-electron chi connectivity index (χ2n) is 5.42. The number of carbonyl (C=O) groups is 1. The average Bonchev–Trinajstić information content (AvgIpc) is 2.90. The van der Waals surface area contributed by atoms with Crippen LogP contribution in [0.25, 0.3) is 16.8 Å². The molecule has 4 rings (SSSR count). The van der Waals surface area contributed by atoms with E-state index < -0.39 is 10.9 Å². The highest BCUT2D eigenvalue weighted by atomic mass is 16.8. The zero-order valence-electron chi connectivity index (χ0n) is 12.2. The summed E-state index contributed by atoms with van der Waals surface area (Å²) in [6.07, 6.45) is 7.63. The normalized spacial score (nSPS) is 15.1. The first-order valence-corrected chi connectivity index (χ1v) is 7.14. The smallest absolute Gasteiger partial charge is 0.344 e. The number of allylic oxidation sites excluding steroid dienone is 5. The van der Waals surface area contributed by atoms with Gasteiger partial charge < -0.3 is 20.3 Å². The van der Waals surface area contributed by atoms with E-state index in [1.165, 1.54) is 12.2 Å². The van der Waals surface area contributed by atoms with Gasteiger partial charge in [-0.3, -0.25) is 0 Å². The number of nitrogens with zero attached hydrogens (tertiary/aromatic N) is 1. The van der Waals surface area contributed by atoms with E-state index in [1.54, 1.807) is 42.5 Å². The summed E-state index contributed by atoms with van der Waals surface area (Å²) in [5.41, 5.74) is 1.58. The summed E-state index contributed by atoms with van der Waals surface area (Å²) in [4.78, 5) is 11.4. The van der Waals surface area contributed by atoms with Crippen LogP contribution in [0.1, 0.15) is 15.9 Å². The molecule has 24 heavy (non-hydrogen) atoms. The lowest BCUT2D eigenvalue weighted by atomic mass is 9.99. The third-order valence-electron chi connectivity index (χ3n) is 3.97. The molecule has 0 unspecified atom stereocenters. The Morgan fingerprint density at radius 3 is 2.58 bits per heavy atom. The number of aromatic hydroxyl groups is 1. The van der Waals surface area contributed by atoms with Gasteiger partial charge >= 0.3 is 5.97 Å². The van der Waals surface area contributed by atoms with Crippen molar-refractivity contribution in [3.8, 4) is 11.5 Å². The highest BCUT2D eigenvalue weighted by Crippen LogP contribution is 2.42. The van der Waals surface area contributed by atoms with E-state index in [1.807, 2.05) is 0 Å². The quantitative estimate of drug-likeness (QED) is 0.377. The summed E-state index contributed by atoms with van der Waals surface area (Å²) in [7, 11) is 0. The Labute approximate surface area is 136 Å². The first-order valence-electron chi connectivity index (χ1n) is 7.14. The number of benzene rings is 2. The molecule has 1 aliphatic heterocycles. The molecular weight excluding hydrogens is 310 g/mol. The van der Waals surface area contributed by atoms with Crippen molar-refractivity contribution >= 4 is 28.5 Å². The highest BCUT2D eigenvalue weighted by molar-refractivity contribution is 6.15. The van der Waals surface area contributed by atoms with Gasteiger partial charge in [0.1, 0.15) is 11.5 Å². The van der Waals surface area contributed by atoms with Gasteiger partial charge in [-0.25, -0.2) is 4.79 Å². The molecule has 1 aliphatic carbocycles. The molecule has 0 bridgehead atoms. The molecule has 2 aliphatic rings. The number of ether oxygens (including phenoxy) is 1. The third kappa shape index (κ3) is 2.04. The standard InChI is InChI=1S/C18H10NO5/c20-17-11(8-10-4-6-12(7-5-10)19(22)23)9-15-16-13(17)2-1-3-14(16)18(21)24-15/h1-9H,(H-,20,21,22,23)/q-1. The molecule has 0 radical (unpaired) electrons. The fourth-order valence-electron chi connectivity index (χ4n) is 2.84. The third-order valence-corrected chi connectivity index (χ3v) is 3.97. The Morgan fingerprint density at radius 1 is 1.12 bits per heavy atom. The zero-order chi connectivity index (χ0) is 16.8. The lowest BCUT2D eigenvalue weighted by Crippen LogP contribution is -2.06. The molecule has 0 aromatic heterocycles. The predicted molar refractivity (Wildman–Crippen MR) is 88.8 cm³/mol. The minimum Gasteiger partial charge on any atom is -0.612 e. The van der Waals surface area contributed by atoms with Crippen molar-refractivity contribution in [1.82, 2.24) is 0 Å². The van der Waals surface area contributed by atoms with Crippen molar-refractivity contribution < 1.29 is 19.5 Å². The summed E-state index contributed by atoms with van der Waals surface area (Å²) in [5, 5.41) is 33.0. The summed E-state index contributed by atoms with van der Waals surface area (Å²) >= 11 is 0. The van der Waals surface area contributed by atoms with Crippen molar-refractivity contribution in [2.45, 2.75) is 0 Å². The SMILES string of the molecule is O=C1Oc2cc(C=C3C=CC(=[N+]([O-])[O-])C=C3)c(O)c3cccc1c23. The van der Waals surface area contributed by atoms with Crippen LogP contribution in [0.3, 0.4) is 0 Å². The molecule has 6 nitrogen and oxygen atoms in total. The molecule has 0 amide bonds. The second-order valence-corrected chi connectivity index (χ2v) is 5.42. The fourth-order valence-corrected chi connectivity index (χ4v) is 2.84. The van der Waals surface area contributed by atoms with Crippen LogP contribution in [0, 0.1) is 10.4 Å². The molecule has 0 saturated heterocycles. The number of rotatable bonds is 1. The van der Waals surface area contributed by atoms with Crippen LogP contribution in [0.2, 0.25) is 0 Å². The number of hydrogen-bond donors (Lipinski definition) is 1. The van der Waals surface area contributed by atoms with Crippen LogP contribution in [0.4, 0.5) is 0 Å². The zero-order valence-corrected chi connectivity index (χ0v) is 12.2. The maximum absolute atomic E-state index is 11.9. The monoisotopic (exact) mass is 320 g/mol. The Hall–Kier alpha value is -3.54. The largest absolute Gasteiger partial charge is 0.612 e. The van der Waals surface area contributed by atoms with Crippen LogP contribution < -0.4 is 4.74 Å². The highest BCUT2D eigenvalue weighted by Gasteiger charge is 2.26. The number of phenolic OH excluding ortho intramolecular Hbond substituents is 1. The van der Waals surface area contributed by atoms with Crippen LogP contribution in [0.5, 0.6) is 11.5 Å². The van der Waals surface area contributed by atoms with E-state index in [0.29, 0.717) is 33.2 Å². The van der Waals surface area contributed by atoms with Gasteiger partial charge in [0.25, 0.3) is 0 Å². The molecule has 1 N–H and O–H groups in total. The Morgan fingerprint density at radius 2 is 1.88 bits per heavy atom. The molecule has 118 valence electrons. The van der Waals surface area contributed by atoms with E-state index in [2.05, 4.69) is 0 Å². The van der Waals surface area contributed by atoms with E-state index in [-0.39, 0.29) is 11.5 Å². The number of esters is 1. The van der Waals surface area contributed by atoms with Gasteiger partial charge in [0.2, 0.25) is 5.71 Å². The van der Waals surface area contributed by atoms with E-state index >= 15 is 0 Å². The Balaban J connectivity index is 1.85. The lowest BCUT2D eigenvalue weighted by molar-refractivity contribution is -0.377. The number of hydrogen-bond acceptors (Lipinski definition) is 5. The molecule has 0 atom stereocenters. The minimum atomic E-state index is -0.473. The van der Waals surface area contributed by atoms with Crippen molar-refractivity contribution in [2.24, 2.45) is 0 Å². The molecular formula is C18H10NO5-. The van der Waals surface area contributed by atoms with Crippen LogP contribution in [-0.4, -0.2) is 21.7 Å². The summed E-state index contributed by atoms with van der Waals surface area (Å²) < 4.78 is 5.25. The molecule has 6 heteroatoms. The number of carbonyl (C=O) groups excluding carboxylic acids is 1. The maximum Gasteiger partial charge on any atom is 0.344 e. The molecule has 0 fully saturated rings. The second kappa shape index (κ2) is 4.99. The average molecular weight is 320 g/mol. The molecule has 1 heterocycles. The van der Waals surface area contributed by atoms with Crippen LogP contribution in [0.15, 0.2) is 54.1 Å². The van der Waals surface area contributed by atoms with Gasteiger partial charge in [0.15, 0.2) is 0 Å².